The van der Waals surface area contributed by atoms with Gasteiger partial charge < -0.3 is 5.32 Å². The molecule has 0 fully saturated rings. The van der Waals surface area contributed by atoms with Crippen molar-refractivity contribution in [1.82, 2.24) is 5.32 Å². The average Bonchev–Trinajstić information content (AvgIpc) is 2.37. The molecule has 0 saturated heterocycles. The Kier molecular flexibility index (Phi) is 4.33. The van der Waals surface area contributed by atoms with E-state index >= 15 is 0 Å². The molecule has 100 valence electrons. The van der Waals surface area contributed by atoms with Gasteiger partial charge in [-0.15, -0.1) is 0 Å². The molecule has 2 heteroatoms. The number of rotatable bonds is 4. The van der Waals surface area contributed by atoms with Gasteiger partial charge in [0.1, 0.15) is 5.82 Å². The maximum atomic E-state index is 13.2. The molecule has 0 aliphatic heterocycles. The van der Waals surface area contributed by atoms with Crippen LogP contribution < -0.4 is 5.32 Å². The van der Waals surface area contributed by atoms with Gasteiger partial charge in [-0.2, -0.15) is 0 Å². The Morgan fingerprint density at radius 1 is 1.11 bits per heavy atom. The van der Waals surface area contributed by atoms with Gasteiger partial charge in [0, 0.05) is 12.6 Å². The minimum absolute atomic E-state index is 0.136. The van der Waals surface area contributed by atoms with Crippen LogP contribution in [0, 0.1) is 19.7 Å². The van der Waals surface area contributed by atoms with Gasteiger partial charge in [0.05, 0.1) is 0 Å². The Hall–Kier alpha value is -1.67. The van der Waals surface area contributed by atoms with Gasteiger partial charge in [-0.05, 0) is 49.6 Å². The number of nitrogens with one attached hydrogen (secondary N) is 1. The molecule has 0 radical (unpaired) electrons. The Bertz CT molecular complexity index is 563. The predicted octanol–water partition coefficient (Wildman–Crippen LogP) is 4.29. The summed E-state index contributed by atoms with van der Waals surface area (Å²) >= 11 is 0. The van der Waals surface area contributed by atoms with Crippen LogP contribution in [0.1, 0.15) is 35.2 Å². The summed E-state index contributed by atoms with van der Waals surface area (Å²) in [7, 11) is 0. The number of hydrogen-bond donors (Lipinski definition) is 1. The molecule has 2 rings (SSSR count). The maximum Gasteiger partial charge on any atom is 0.123 e. The smallest absolute Gasteiger partial charge is 0.123 e. The molecule has 0 bridgehead atoms. The molecule has 1 N–H and O–H groups in total. The minimum Gasteiger partial charge on any atom is -0.306 e. The fourth-order valence-corrected chi connectivity index (χ4v) is 2.20. The third kappa shape index (κ3) is 3.65. The first kappa shape index (κ1) is 13.8. The van der Waals surface area contributed by atoms with Crippen LogP contribution >= 0.6 is 0 Å². The summed E-state index contributed by atoms with van der Waals surface area (Å²) < 4.78 is 13.2. The van der Waals surface area contributed by atoms with E-state index in [0.717, 1.165) is 12.1 Å². The molecule has 2 aromatic rings. The molecular formula is C17H20FN. The van der Waals surface area contributed by atoms with Crippen molar-refractivity contribution in [3.05, 3.63) is 70.5 Å². The van der Waals surface area contributed by atoms with E-state index in [1.807, 2.05) is 6.07 Å². The highest BCUT2D eigenvalue weighted by atomic mass is 19.1. The van der Waals surface area contributed by atoms with Crippen molar-refractivity contribution in [3.63, 3.8) is 0 Å². The number of benzene rings is 2. The fourth-order valence-electron chi connectivity index (χ4n) is 2.20. The molecule has 0 aromatic heterocycles. The van der Waals surface area contributed by atoms with Crippen molar-refractivity contribution in [2.45, 2.75) is 33.4 Å². The second-order valence-corrected chi connectivity index (χ2v) is 5.09. The van der Waals surface area contributed by atoms with Crippen molar-refractivity contribution in [2.24, 2.45) is 0 Å². The standard InChI is InChI=1S/C17H20FN/c1-12-7-8-16(13(2)9-12)11-19-14(3)15-5-4-6-17(18)10-15/h4-10,14,19H,11H2,1-3H3/t14-/m0/s1. The van der Waals surface area contributed by atoms with Crippen molar-refractivity contribution in [1.29, 1.82) is 0 Å². The lowest BCUT2D eigenvalue weighted by Gasteiger charge is -2.15. The first-order valence-corrected chi connectivity index (χ1v) is 6.61. The van der Waals surface area contributed by atoms with Crippen LogP contribution in [0.5, 0.6) is 0 Å². The van der Waals surface area contributed by atoms with Crippen LogP contribution in [-0.2, 0) is 6.54 Å². The van der Waals surface area contributed by atoms with Crippen LogP contribution in [-0.4, -0.2) is 0 Å². The Labute approximate surface area is 114 Å². The number of halogens is 1. The Morgan fingerprint density at radius 2 is 1.89 bits per heavy atom. The molecule has 0 heterocycles. The van der Waals surface area contributed by atoms with Crippen LogP contribution in [0.2, 0.25) is 0 Å². The lowest BCUT2D eigenvalue weighted by atomic mass is 10.0. The largest absolute Gasteiger partial charge is 0.306 e. The van der Waals surface area contributed by atoms with Gasteiger partial charge >= 0.3 is 0 Å². The first-order valence-electron chi connectivity index (χ1n) is 6.61. The third-order valence-electron chi connectivity index (χ3n) is 3.45. The van der Waals surface area contributed by atoms with Crippen LogP contribution in [0.25, 0.3) is 0 Å². The van der Waals surface area contributed by atoms with E-state index in [-0.39, 0.29) is 11.9 Å². The summed E-state index contributed by atoms with van der Waals surface area (Å²) in [6.07, 6.45) is 0. The van der Waals surface area contributed by atoms with E-state index in [2.05, 4.69) is 44.3 Å². The predicted molar refractivity (Wildman–Crippen MR) is 77.6 cm³/mol. The van der Waals surface area contributed by atoms with Crippen LogP contribution in [0.3, 0.4) is 0 Å². The van der Waals surface area contributed by atoms with E-state index in [4.69, 9.17) is 0 Å². The summed E-state index contributed by atoms with van der Waals surface area (Å²) in [4.78, 5) is 0. The summed E-state index contributed by atoms with van der Waals surface area (Å²) in [5.74, 6) is -0.183. The van der Waals surface area contributed by atoms with Crippen LogP contribution in [0.4, 0.5) is 4.39 Å². The molecule has 0 saturated carbocycles. The normalized spacial score (nSPS) is 12.4. The van der Waals surface area contributed by atoms with Gasteiger partial charge in [0.2, 0.25) is 0 Å². The third-order valence-corrected chi connectivity index (χ3v) is 3.45. The van der Waals surface area contributed by atoms with E-state index in [0.29, 0.717) is 0 Å². The van der Waals surface area contributed by atoms with E-state index in [9.17, 15) is 4.39 Å². The van der Waals surface area contributed by atoms with E-state index < -0.39 is 0 Å². The average molecular weight is 257 g/mol. The monoisotopic (exact) mass is 257 g/mol. The molecule has 0 amide bonds. The quantitative estimate of drug-likeness (QED) is 0.861. The Morgan fingerprint density at radius 3 is 2.58 bits per heavy atom. The second kappa shape index (κ2) is 5.98. The van der Waals surface area contributed by atoms with Crippen LogP contribution in [0.15, 0.2) is 42.5 Å². The minimum atomic E-state index is -0.183. The zero-order valence-corrected chi connectivity index (χ0v) is 11.7. The highest BCUT2D eigenvalue weighted by Crippen LogP contribution is 2.16. The van der Waals surface area contributed by atoms with Crippen molar-refractivity contribution in [3.8, 4) is 0 Å². The first-order chi connectivity index (χ1) is 9.06. The molecule has 0 aliphatic rings. The van der Waals surface area contributed by atoms with E-state index in [1.165, 1.54) is 22.8 Å². The summed E-state index contributed by atoms with van der Waals surface area (Å²) in [6, 6.07) is 13.3. The zero-order chi connectivity index (χ0) is 13.8. The van der Waals surface area contributed by atoms with Gasteiger partial charge in [0.25, 0.3) is 0 Å². The topological polar surface area (TPSA) is 12.0 Å². The Balaban J connectivity index is 2.02. The van der Waals surface area contributed by atoms with Crippen molar-refractivity contribution >= 4 is 0 Å². The van der Waals surface area contributed by atoms with Gasteiger partial charge in [-0.1, -0.05) is 35.9 Å². The van der Waals surface area contributed by atoms with Crippen molar-refractivity contribution < 1.29 is 4.39 Å². The highest BCUT2D eigenvalue weighted by Gasteiger charge is 2.06. The molecule has 2 aromatic carbocycles. The lowest BCUT2D eigenvalue weighted by Crippen LogP contribution is -2.18. The summed E-state index contributed by atoms with van der Waals surface area (Å²) in [6.45, 7) is 7.07. The molecule has 1 nitrogen and oxygen atoms in total. The van der Waals surface area contributed by atoms with E-state index in [1.54, 1.807) is 12.1 Å². The van der Waals surface area contributed by atoms with Crippen molar-refractivity contribution in [2.75, 3.05) is 0 Å². The molecule has 1 atom stereocenters. The molecule has 0 spiro atoms. The molecule has 0 unspecified atom stereocenters. The second-order valence-electron chi connectivity index (χ2n) is 5.09. The highest BCUT2D eigenvalue weighted by molar-refractivity contribution is 5.30. The van der Waals surface area contributed by atoms with Gasteiger partial charge in [-0.25, -0.2) is 4.39 Å². The molecule has 19 heavy (non-hydrogen) atoms. The molecular weight excluding hydrogens is 237 g/mol. The maximum absolute atomic E-state index is 13.2. The molecule has 0 aliphatic carbocycles. The summed E-state index contributed by atoms with van der Waals surface area (Å²) in [5, 5.41) is 3.44. The SMILES string of the molecule is Cc1ccc(CN[C@@H](C)c2cccc(F)c2)c(C)c1. The zero-order valence-electron chi connectivity index (χ0n) is 11.7. The lowest BCUT2D eigenvalue weighted by molar-refractivity contribution is 0.564. The van der Waals surface area contributed by atoms with Gasteiger partial charge in [-0.3, -0.25) is 0 Å². The number of aryl methyl sites for hydroxylation is 2. The van der Waals surface area contributed by atoms with Gasteiger partial charge in [0.15, 0.2) is 0 Å². The number of hydrogen-bond acceptors (Lipinski definition) is 1. The fraction of sp³-hybridized carbons (Fsp3) is 0.294. The summed E-state index contributed by atoms with van der Waals surface area (Å²) in [5.41, 5.74) is 4.83.